The molecule has 50 heavy (non-hydrogen) atoms. The van der Waals surface area contributed by atoms with Gasteiger partial charge in [-0.3, -0.25) is 18.6 Å². The number of carbonyl (C=O) groups excluding carboxylic acids is 2. The lowest BCUT2D eigenvalue weighted by Gasteiger charge is -2.19. The van der Waals surface area contributed by atoms with Crippen molar-refractivity contribution in [3.63, 3.8) is 0 Å². The molecule has 0 aliphatic heterocycles. The van der Waals surface area contributed by atoms with Crippen LogP contribution < -0.4 is 5.73 Å². The largest absolute Gasteiger partial charge is 0.472 e. The summed E-state index contributed by atoms with van der Waals surface area (Å²) in [5.74, 6) is -0.939. The van der Waals surface area contributed by atoms with Gasteiger partial charge in [0.15, 0.2) is 6.10 Å². The average molecular weight is 724 g/mol. The summed E-state index contributed by atoms with van der Waals surface area (Å²) in [4.78, 5) is 34.7. The molecule has 0 saturated heterocycles. The quantitative estimate of drug-likeness (QED) is 0.0283. The fourth-order valence-electron chi connectivity index (χ4n) is 4.82. The molecular weight excluding hydrogens is 653 g/mol. The van der Waals surface area contributed by atoms with Crippen LogP contribution in [-0.4, -0.2) is 49.3 Å². The molecule has 0 heterocycles. The number of carbonyl (C=O) groups is 2. The fraction of sp³-hybridized carbons (Fsp3) is 0.700. The van der Waals surface area contributed by atoms with Crippen molar-refractivity contribution in [1.29, 1.82) is 0 Å². The molecule has 0 amide bonds. The zero-order valence-electron chi connectivity index (χ0n) is 31.4. The van der Waals surface area contributed by atoms with Crippen molar-refractivity contribution in [3.05, 3.63) is 60.8 Å². The van der Waals surface area contributed by atoms with Crippen molar-refractivity contribution in [2.24, 2.45) is 5.73 Å². The van der Waals surface area contributed by atoms with E-state index < -0.39 is 32.5 Å². The van der Waals surface area contributed by atoms with Crippen molar-refractivity contribution < 1.29 is 37.6 Å². The SMILES string of the molecule is CC/C=C\C/C=C\C/C=C\C/C=C\CCC(=O)OC(COC(=O)CCCCCCC/C=C\CCCCCCCCC)COP(=O)(O)OCCN. The molecule has 0 aromatic heterocycles. The summed E-state index contributed by atoms with van der Waals surface area (Å²) in [5, 5.41) is 0. The first-order chi connectivity index (χ1) is 24.3. The number of allylic oxidation sites excluding steroid dienone is 10. The molecule has 0 rings (SSSR count). The Morgan fingerprint density at radius 2 is 1.14 bits per heavy atom. The number of phosphoric acid groups is 1. The second kappa shape index (κ2) is 36.5. The van der Waals surface area contributed by atoms with Crippen molar-refractivity contribution in [1.82, 2.24) is 0 Å². The van der Waals surface area contributed by atoms with Gasteiger partial charge in [0.25, 0.3) is 0 Å². The molecule has 288 valence electrons. The minimum atomic E-state index is -4.39. The first-order valence-electron chi connectivity index (χ1n) is 19.3. The van der Waals surface area contributed by atoms with Gasteiger partial charge < -0.3 is 20.1 Å². The van der Waals surface area contributed by atoms with Crippen LogP contribution in [0.4, 0.5) is 0 Å². The maximum absolute atomic E-state index is 12.5. The lowest BCUT2D eigenvalue weighted by molar-refractivity contribution is -0.161. The number of nitrogens with two attached hydrogens (primary N) is 1. The normalized spacial score (nSPS) is 14.1. The molecule has 10 heteroatoms. The maximum Gasteiger partial charge on any atom is 0.472 e. The Bertz CT molecular complexity index is 1010. The van der Waals surface area contributed by atoms with Crippen LogP contribution >= 0.6 is 7.82 Å². The van der Waals surface area contributed by atoms with Crippen LogP contribution in [-0.2, 0) is 32.7 Å². The topological polar surface area (TPSA) is 134 Å². The van der Waals surface area contributed by atoms with E-state index in [4.69, 9.17) is 24.3 Å². The standard InChI is InChI=1S/C40H70NO8P/c1-3-5-7-9-11-13-15-17-18-19-21-22-24-26-28-30-32-39(42)46-36-38(37-48-50(44,45)47-35-34-41)49-40(43)33-31-29-27-25-23-20-16-14-12-10-8-6-4-2/h6,8,12,14,18-20,23,27,29,38H,3-5,7,9-11,13,15-17,21-22,24-26,28,30-37,41H2,1-2H3,(H,44,45)/b8-6-,14-12-,19-18-,23-20-,29-27-. The van der Waals surface area contributed by atoms with E-state index in [-0.39, 0.29) is 32.6 Å². The number of rotatable bonds is 35. The first-order valence-corrected chi connectivity index (χ1v) is 20.8. The molecule has 3 N–H and O–H groups in total. The summed E-state index contributed by atoms with van der Waals surface area (Å²) in [7, 11) is -4.39. The van der Waals surface area contributed by atoms with Crippen molar-refractivity contribution in [2.45, 2.75) is 155 Å². The van der Waals surface area contributed by atoms with Crippen LogP contribution in [0.1, 0.15) is 149 Å². The van der Waals surface area contributed by atoms with Crippen LogP contribution in [0.2, 0.25) is 0 Å². The number of ether oxygens (including phenoxy) is 2. The third-order valence-electron chi connectivity index (χ3n) is 7.65. The number of unbranched alkanes of at least 4 members (excludes halogenated alkanes) is 12. The highest BCUT2D eigenvalue weighted by Crippen LogP contribution is 2.43. The Morgan fingerprint density at radius 3 is 1.72 bits per heavy atom. The molecule has 0 saturated carbocycles. The third-order valence-corrected chi connectivity index (χ3v) is 8.64. The van der Waals surface area contributed by atoms with E-state index >= 15 is 0 Å². The summed E-state index contributed by atoms with van der Waals surface area (Å²) in [5.41, 5.74) is 5.32. The Kier molecular flexibility index (Phi) is 34.8. The number of hydrogen-bond donors (Lipinski definition) is 2. The van der Waals surface area contributed by atoms with Crippen LogP contribution in [0.15, 0.2) is 60.8 Å². The molecule has 2 atom stereocenters. The minimum Gasteiger partial charge on any atom is -0.462 e. The van der Waals surface area contributed by atoms with E-state index in [1.807, 2.05) is 12.2 Å². The Balaban J connectivity index is 4.32. The number of hydrogen-bond acceptors (Lipinski definition) is 8. The smallest absolute Gasteiger partial charge is 0.462 e. The highest BCUT2D eigenvalue weighted by Gasteiger charge is 2.25. The van der Waals surface area contributed by atoms with Crippen LogP contribution in [0.25, 0.3) is 0 Å². The molecule has 0 aromatic carbocycles. The summed E-state index contributed by atoms with van der Waals surface area (Å²) in [6.07, 6.45) is 41.3. The van der Waals surface area contributed by atoms with Crippen molar-refractivity contribution in [2.75, 3.05) is 26.4 Å². The van der Waals surface area contributed by atoms with Gasteiger partial charge in [0.05, 0.1) is 13.2 Å². The van der Waals surface area contributed by atoms with Gasteiger partial charge in [-0.05, 0) is 64.2 Å². The molecule has 2 unspecified atom stereocenters. The lowest BCUT2D eigenvalue weighted by Crippen LogP contribution is -2.29. The minimum absolute atomic E-state index is 0.0393. The Hall–Kier alpha value is -2.29. The Morgan fingerprint density at radius 1 is 0.620 bits per heavy atom. The van der Waals surface area contributed by atoms with E-state index in [1.54, 1.807) is 0 Å². The first kappa shape index (κ1) is 47.7. The second-order valence-corrected chi connectivity index (χ2v) is 13.9. The molecule has 0 radical (unpaired) electrons. The van der Waals surface area contributed by atoms with Gasteiger partial charge in [0.1, 0.15) is 6.61 Å². The fourth-order valence-corrected chi connectivity index (χ4v) is 5.58. The zero-order valence-corrected chi connectivity index (χ0v) is 32.3. The van der Waals surface area contributed by atoms with Gasteiger partial charge in [-0.15, -0.1) is 0 Å². The van der Waals surface area contributed by atoms with Gasteiger partial charge in [-0.1, -0.05) is 132 Å². The van der Waals surface area contributed by atoms with E-state index in [1.165, 1.54) is 51.4 Å². The zero-order chi connectivity index (χ0) is 36.8. The molecular formula is C40H70NO8P. The van der Waals surface area contributed by atoms with Crippen molar-refractivity contribution >= 4 is 19.8 Å². The third kappa shape index (κ3) is 35.5. The number of phosphoric ester groups is 1. The van der Waals surface area contributed by atoms with Gasteiger partial charge in [-0.2, -0.15) is 0 Å². The van der Waals surface area contributed by atoms with Gasteiger partial charge in [-0.25, -0.2) is 4.57 Å². The highest BCUT2D eigenvalue weighted by molar-refractivity contribution is 7.47. The molecule has 0 aliphatic carbocycles. The van der Waals surface area contributed by atoms with Gasteiger partial charge in [0, 0.05) is 19.4 Å². The van der Waals surface area contributed by atoms with E-state index in [0.29, 0.717) is 12.8 Å². The molecule has 0 aliphatic rings. The summed E-state index contributed by atoms with van der Waals surface area (Å²) in [6.45, 7) is 3.49. The monoisotopic (exact) mass is 723 g/mol. The second-order valence-electron chi connectivity index (χ2n) is 12.4. The molecule has 0 fully saturated rings. The summed E-state index contributed by atoms with van der Waals surface area (Å²) < 4.78 is 32.5. The number of esters is 2. The maximum atomic E-state index is 12.5. The predicted molar refractivity (Wildman–Crippen MR) is 206 cm³/mol. The average Bonchev–Trinajstić information content (AvgIpc) is 3.10. The molecule has 0 aromatic rings. The molecule has 0 spiro atoms. The van der Waals surface area contributed by atoms with Crippen LogP contribution in [0.5, 0.6) is 0 Å². The van der Waals surface area contributed by atoms with Crippen LogP contribution in [0, 0.1) is 0 Å². The van der Waals surface area contributed by atoms with Gasteiger partial charge in [0.2, 0.25) is 0 Å². The highest BCUT2D eigenvalue weighted by atomic mass is 31.2. The van der Waals surface area contributed by atoms with E-state index in [2.05, 4.69) is 62.5 Å². The Labute approximate surface area is 304 Å². The molecule has 9 nitrogen and oxygen atoms in total. The van der Waals surface area contributed by atoms with Gasteiger partial charge >= 0.3 is 19.8 Å². The summed E-state index contributed by atoms with van der Waals surface area (Å²) in [6, 6.07) is 0. The van der Waals surface area contributed by atoms with Crippen LogP contribution in [0.3, 0.4) is 0 Å². The summed E-state index contributed by atoms with van der Waals surface area (Å²) >= 11 is 0. The molecule has 0 bridgehead atoms. The van der Waals surface area contributed by atoms with Crippen molar-refractivity contribution in [3.8, 4) is 0 Å². The predicted octanol–water partition coefficient (Wildman–Crippen LogP) is 10.5. The van der Waals surface area contributed by atoms with E-state index in [0.717, 1.165) is 57.8 Å². The lowest BCUT2D eigenvalue weighted by atomic mass is 10.1. The van der Waals surface area contributed by atoms with E-state index in [9.17, 15) is 19.0 Å².